The van der Waals surface area contributed by atoms with Crippen LogP contribution in [0.5, 0.6) is 0 Å². The Labute approximate surface area is 94.0 Å². The molecule has 0 saturated carbocycles. The van der Waals surface area contributed by atoms with E-state index < -0.39 is 12.3 Å². The van der Waals surface area contributed by atoms with E-state index in [1.807, 2.05) is 0 Å². The maximum absolute atomic E-state index is 12.0. The summed E-state index contributed by atoms with van der Waals surface area (Å²) in [5.74, 6) is 0. The maximum Gasteiger partial charge on any atom is 0.414 e. The van der Waals surface area contributed by atoms with E-state index in [4.69, 9.17) is 5.11 Å². The number of aliphatic hydroxyl groups excluding tert-OH is 1. The van der Waals surface area contributed by atoms with E-state index in [-0.39, 0.29) is 12.8 Å². The van der Waals surface area contributed by atoms with Gasteiger partial charge in [-0.15, -0.1) is 0 Å². The molecule has 1 nitrogen and oxygen atoms in total. The van der Waals surface area contributed by atoms with Gasteiger partial charge in [-0.2, -0.15) is 13.2 Å². The number of hydrogen-bond donors (Lipinski definition) is 1. The number of aliphatic hydroxyl groups is 1. The fraction of sp³-hybridized carbons (Fsp3) is 0.400. The Hall–Kier alpha value is -0.550. The van der Waals surface area contributed by atoms with E-state index in [2.05, 4.69) is 15.9 Å². The van der Waals surface area contributed by atoms with Crippen LogP contribution >= 0.6 is 15.9 Å². The molecule has 0 amide bonds. The second-order valence-corrected chi connectivity index (χ2v) is 4.14. The fourth-order valence-electron chi connectivity index (χ4n) is 1.12. The van der Waals surface area contributed by atoms with Gasteiger partial charge in [0.15, 0.2) is 0 Å². The molecule has 5 heteroatoms. The number of halogens is 4. The average Bonchev–Trinajstić information content (AvgIpc) is 2.15. The van der Waals surface area contributed by atoms with E-state index in [1.54, 1.807) is 24.3 Å². The molecule has 1 rings (SSSR count). The monoisotopic (exact) mass is 282 g/mol. The van der Waals surface area contributed by atoms with Crippen molar-refractivity contribution in [2.24, 2.45) is 0 Å². The van der Waals surface area contributed by atoms with E-state index in [9.17, 15) is 13.2 Å². The molecule has 1 aromatic carbocycles. The van der Waals surface area contributed by atoms with Gasteiger partial charge in [0.05, 0.1) is 0 Å². The third kappa shape index (κ3) is 4.22. The summed E-state index contributed by atoms with van der Waals surface area (Å²) < 4.78 is 36.8. The summed E-state index contributed by atoms with van der Waals surface area (Å²) in [6.45, 7) is 0. The minimum atomic E-state index is -4.52. The molecule has 0 heterocycles. The first-order valence-corrected chi connectivity index (χ1v) is 5.18. The summed E-state index contributed by atoms with van der Waals surface area (Å²) in [6.07, 6.45) is -6.84. The summed E-state index contributed by atoms with van der Waals surface area (Å²) in [7, 11) is 0. The summed E-state index contributed by atoms with van der Waals surface area (Å²) in [5.41, 5.74) is 0.779. The molecule has 0 unspecified atom stereocenters. The molecule has 0 aromatic heterocycles. The van der Waals surface area contributed by atoms with Crippen molar-refractivity contribution in [1.29, 1.82) is 0 Å². The lowest BCUT2D eigenvalue weighted by Gasteiger charge is -2.13. The van der Waals surface area contributed by atoms with Crippen LogP contribution in [0.2, 0.25) is 0 Å². The van der Waals surface area contributed by atoms with Crippen molar-refractivity contribution in [3.05, 3.63) is 34.3 Å². The predicted octanol–water partition coefficient (Wildman–Crippen LogP) is 3.30. The Balaban J connectivity index is 2.47. The van der Waals surface area contributed by atoms with Crippen LogP contribution in [0.25, 0.3) is 0 Å². The van der Waals surface area contributed by atoms with Gasteiger partial charge in [0.25, 0.3) is 0 Å². The van der Waals surface area contributed by atoms with Crippen LogP contribution in [0.3, 0.4) is 0 Å². The normalized spacial score (nSPS) is 13.9. The summed E-state index contributed by atoms with van der Waals surface area (Å²) in [6, 6.07) is 6.98. The smallest absolute Gasteiger partial charge is 0.384 e. The quantitative estimate of drug-likeness (QED) is 0.902. The zero-order chi connectivity index (χ0) is 11.5. The van der Waals surface area contributed by atoms with Crippen LogP contribution in [0.4, 0.5) is 13.2 Å². The van der Waals surface area contributed by atoms with E-state index in [0.717, 1.165) is 10.0 Å². The van der Waals surface area contributed by atoms with Gasteiger partial charge in [-0.05, 0) is 30.5 Å². The highest BCUT2D eigenvalue weighted by Crippen LogP contribution is 2.23. The molecule has 15 heavy (non-hydrogen) atoms. The molecular weight excluding hydrogens is 273 g/mol. The van der Waals surface area contributed by atoms with E-state index >= 15 is 0 Å². The highest BCUT2D eigenvalue weighted by atomic mass is 79.9. The number of benzene rings is 1. The van der Waals surface area contributed by atoms with Gasteiger partial charge in [-0.3, -0.25) is 0 Å². The van der Waals surface area contributed by atoms with Crippen molar-refractivity contribution in [3.8, 4) is 0 Å². The molecule has 84 valence electrons. The number of hydrogen-bond acceptors (Lipinski definition) is 1. The topological polar surface area (TPSA) is 20.2 Å². The SMILES string of the molecule is O[C@H](CCc1ccc(Br)cc1)C(F)(F)F. The highest BCUT2D eigenvalue weighted by Gasteiger charge is 2.37. The average molecular weight is 283 g/mol. The van der Waals surface area contributed by atoms with Crippen LogP contribution in [0.15, 0.2) is 28.7 Å². The molecule has 0 spiro atoms. The van der Waals surface area contributed by atoms with Crippen molar-refractivity contribution >= 4 is 15.9 Å². The predicted molar refractivity (Wildman–Crippen MR) is 54.5 cm³/mol. The Morgan fingerprint density at radius 3 is 2.20 bits per heavy atom. The lowest BCUT2D eigenvalue weighted by Crippen LogP contribution is -2.28. The van der Waals surface area contributed by atoms with Crippen LogP contribution in [0.1, 0.15) is 12.0 Å². The van der Waals surface area contributed by atoms with Crippen molar-refractivity contribution in [2.75, 3.05) is 0 Å². The lowest BCUT2D eigenvalue weighted by atomic mass is 10.1. The summed E-state index contributed by atoms with van der Waals surface area (Å²) in [5, 5.41) is 8.77. The van der Waals surface area contributed by atoms with Gasteiger partial charge in [-0.25, -0.2) is 0 Å². The Bertz CT molecular complexity index is 307. The van der Waals surface area contributed by atoms with E-state index in [0.29, 0.717) is 0 Å². The first-order valence-electron chi connectivity index (χ1n) is 4.39. The molecule has 1 N–H and O–H groups in total. The first-order chi connectivity index (χ1) is 6.89. The molecular formula is C10H10BrF3O. The Morgan fingerprint density at radius 2 is 1.73 bits per heavy atom. The molecule has 0 bridgehead atoms. The van der Waals surface area contributed by atoms with E-state index in [1.165, 1.54) is 0 Å². The van der Waals surface area contributed by atoms with Gasteiger partial charge < -0.3 is 5.11 Å². The minimum Gasteiger partial charge on any atom is -0.384 e. The Kier molecular flexibility index (Phi) is 4.16. The third-order valence-electron chi connectivity index (χ3n) is 2.00. The molecule has 0 aliphatic carbocycles. The van der Waals surface area contributed by atoms with Gasteiger partial charge >= 0.3 is 6.18 Å². The zero-order valence-corrected chi connectivity index (χ0v) is 9.35. The number of rotatable bonds is 3. The van der Waals surface area contributed by atoms with Crippen LogP contribution in [-0.2, 0) is 6.42 Å². The third-order valence-corrected chi connectivity index (χ3v) is 2.53. The fourth-order valence-corrected chi connectivity index (χ4v) is 1.38. The molecule has 1 atom stereocenters. The number of aryl methyl sites for hydroxylation is 1. The number of alkyl halides is 3. The Morgan fingerprint density at radius 1 is 1.20 bits per heavy atom. The van der Waals surface area contributed by atoms with Gasteiger partial charge in [0.2, 0.25) is 0 Å². The maximum atomic E-state index is 12.0. The van der Waals surface area contributed by atoms with Crippen LogP contribution < -0.4 is 0 Å². The first kappa shape index (κ1) is 12.5. The molecule has 1 aromatic rings. The second-order valence-electron chi connectivity index (χ2n) is 3.22. The van der Waals surface area contributed by atoms with Gasteiger partial charge in [0, 0.05) is 4.47 Å². The van der Waals surface area contributed by atoms with Crippen molar-refractivity contribution in [1.82, 2.24) is 0 Å². The highest BCUT2D eigenvalue weighted by molar-refractivity contribution is 9.10. The second kappa shape index (κ2) is 4.99. The van der Waals surface area contributed by atoms with Crippen molar-refractivity contribution in [2.45, 2.75) is 25.1 Å². The lowest BCUT2D eigenvalue weighted by molar-refractivity contribution is -0.205. The molecule has 0 aliphatic heterocycles. The molecule has 0 fully saturated rings. The molecule has 0 radical (unpaired) electrons. The van der Waals surface area contributed by atoms with Crippen LogP contribution in [0, 0.1) is 0 Å². The molecule has 0 saturated heterocycles. The largest absolute Gasteiger partial charge is 0.414 e. The van der Waals surface area contributed by atoms with Crippen LogP contribution in [-0.4, -0.2) is 17.4 Å². The summed E-state index contributed by atoms with van der Waals surface area (Å²) in [4.78, 5) is 0. The van der Waals surface area contributed by atoms with Gasteiger partial charge in [-0.1, -0.05) is 28.1 Å². The molecule has 0 aliphatic rings. The summed E-state index contributed by atoms with van der Waals surface area (Å²) >= 11 is 3.23. The standard InChI is InChI=1S/C10H10BrF3O/c11-8-4-1-7(2-5-8)3-6-9(15)10(12,13)14/h1-2,4-5,9,15H,3,6H2/t9-/m1/s1. The minimum absolute atomic E-state index is 0.216. The van der Waals surface area contributed by atoms with Gasteiger partial charge in [0.1, 0.15) is 6.10 Å². The van der Waals surface area contributed by atoms with Crippen molar-refractivity contribution in [3.63, 3.8) is 0 Å². The zero-order valence-electron chi connectivity index (χ0n) is 7.76. The van der Waals surface area contributed by atoms with Crippen molar-refractivity contribution < 1.29 is 18.3 Å².